The molecule has 19 heavy (non-hydrogen) atoms. The van der Waals surface area contributed by atoms with E-state index in [-0.39, 0.29) is 0 Å². The molecule has 0 radical (unpaired) electrons. The predicted octanol–water partition coefficient (Wildman–Crippen LogP) is 4.72. The summed E-state index contributed by atoms with van der Waals surface area (Å²) in [7, 11) is 0. The Kier molecular flexibility index (Phi) is 4.90. The maximum Gasteiger partial charge on any atom is 0.248 e. The van der Waals surface area contributed by atoms with E-state index in [2.05, 4.69) is 30.1 Å². The Morgan fingerprint density at radius 2 is 1.89 bits per heavy atom. The first-order valence-corrected chi connectivity index (χ1v) is 6.93. The van der Waals surface area contributed by atoms with Crippen LogP contribution in [0, 0.1) is 0 Å². The highest BCUT2D eigenvalue weighted by Crippen LogP contribution is 2.24. The summed E-state index contributed by atoms with van der Waals surface area (Å²) < 4.78 is 5.79. The lowest BCUT2D eigenvalue weighted by molar-refractivity contribution is 0.549. The molecular formula is C16H20N2O. The normalized spacial score (nSPS) is 11.8. The summed E-state index contributed by atoms with van der Waals surface area (Å²) in [4.78, 5) is 0. The van der Waals surface area contributed by atoms with E-state index in [1.54, 1.807) is 0 Å². The van der Waals surface area contributed by atoms with Gasteiger partial charge in [0.1, 0.15) is 0 Å². The van der Waals surface area contributed by atoms with Crippen molar-refractivity contribution in [1.29, 1.82) is 0 Å². The fourth-order valence-electron chi connectivity index (χ4n) is 1.93. The van der Waals surface area contributed by atoms with Gasteiger partial charge in [-0.05, 0) is 25.0 Å². The molecule has 1 aromatic heterocycles. The van der Waals surface area contributed by atoms with Crippen molar-refractivity contribution in [3.8, 4) is 11.5 Å². The van der Waals surface area contributed by atoms with Crippen molar-refractivity contribution in [3.63, 3.8) is 0 Å². The predicted molar refractivity (Wildman–Crippen MR) is 77.5 cm³/mol. The Labute approximate surface area is 114 Å². The van der Waals surface area contributed by atoms with E-state index in [1.807, 2.05) is 30.3 Å². The lowest BCUT2D eigenvalue weighted by Crippen LogP contribution is -1.85. The highest BCUT2D eigenvalue weighted by molar-refractivity contribution is 5.60. The van der Waals surface area contributed by atoms with Gasteiger partial charge in [0.05, 0.1) is 0 Å². The minimum Gasteiger partial charge on any atom is -0.416 e. The van der Waals surface area contributed by atoms with Gasteiger partial charge >= 0.3 is 0 Å². The molecule has 0 atom stereocenters. The Morgan fingerprint density at radius 1 is 1.11 bits per heavy atom. The van der Waals surface area contributed by atoms with Gasteiger partial charge in [0.25, 0.3) is 0 Å². The van der Waals surface area contributed by atoms with Gasteiger partial charge in [-0.2, -0.15) is 0 Å². The summed E-state index contributed by atoms with van der Waals surface area (Å²) in [5.41, 5.74) is 2.13. The number of benzene rings is 1. The average Bonchev–Trinajstić information content (AvgIpc) is 2.94. The van der Waals surface area contributed by atoms with Crippen LogP contribution in [0.2, 0.25) is 0 Å². The maximum atomic E-state index is 5.79. The molecule has 0 aliphatic carbocycles. The lowest BCUT2D eigenvalue weighted by atomic mass is 10.1. The zero-order valence-electron chi connectivity index (χ0n) is 11.6. The summed E-state index contributed by atoms with van der Waals surface area (Å²) in [6.45, 7) is 4.33. The molecule has 0 aliphatic rings. The van der Waals surface area contributed by atoms with Crippen LogP contribution >= 0.6 is 0 Å². The molecular weight excluding hydrogens is 236 g/mol. The van der Waals surface area contributed by atoms with Gasteiger partial charge < -0.3 is 4.42 Å². The second kappa shape index (κ2) is 6.88. The third-order valence-electron chi connectivity index (χ3n) is 2.92. The van der Waals surface area contributed by atoms with E-state index in [0.717, 1.165) is 31.2 Å². The lowest BCUT2D eigenvalue weighted by Gasteiger charge is -2.00. The maximum absolute atomic E-state index is 5.79. The Hall–Kier alpha value is -1.90. The third-order valence-corrected chi connectivity index (χ3v) is 2.92. The van der Waals surface area contributed by atoms with E-state index < -0.39 is 0 Å². The highest BCUT2D eigenvalue weighted by Gasteiger charge is 2.11. The molecule has 0 unspecified atom stereocenters. The largest absolute Gasteiger partial charge is 0.416 e. The van der Waals surface area contributed by atoms with Crippen LogP contribution in [0.1, 0.15) is 45.4 Å². The standard InChI is InChI=1S/C16H20N2O/c1-3-5-10-13(9-4-2)15-17-18-16(19-15)14-11-7-6-8-12-14/h6-8,10-12H,3-5,9H2,1-2H3/b13-10+. The molecule has 1 heterocycles. The Bertz CT molecular complexity index is 529. The molecule has 0 saturated carbocycles. The quantitative estimate of drug-likeness (QED) is 0.750. The van der Waals surface area contributed by atoms with Crippen LogP contribution in [0.15, 0.2) is 40.8 Å². The van der Waals surface area contributed by atoms with Crippen molar-refractivity contribution < 1.29 is 4.42 Å². The molecule has 2 rings (SSSR count). The molecule has 3 heteroatoms. The fraction of sp³-hybridized carbons (Fsp3) is 0.375. The molecule has 0 spiro atoms. The number of hydrogen-bond donors (Lipinski definition) is 0. The second-order valence-electron chi connectivity index (χ2n) is 4.55. The van der Waals surface area contributed by atoms with Gasteiger partial charge in [-0.25, -0.2) is 0 Å². The molecule has 0 amide bonds. The molecule has 1 aromatic carbocycles. The minimum atomic E-state index is 0.592. The van der Waals surface area contributed by atoms with Gasteiger partial charge in [-0.1, -0.05) is 51.0 Å². The van der Waals surface area contributed by atoms with Crippen molar-refractivity contribution >= 4 is 5.57 Å². The van der Waals surface area contributed by atoms with Crippen LogP contribution in [0.3, 0.4) is 0 Å². The van der Waals surface area contributed by atoms with Crippen LogP contribution in [0.25, 0.3) is 17.0 Å². The molecule has 100 valence electrons. The second-order valence-corrected chi connectivity index (χ2v) is 4.55. The van der Waals surface area contributed by atoms with E-state index in [9.17, 15) is 0 Å². The van der Waals surface area contributed by atoms with Gasteiger partial charge in [0.2, 0.25) is 11.8 Å². The zero-order valence-corrected chi connectivity index (χ0v) is 11.6. The Balaban J connectivity index is 2.24. The van der Waals surface area contributed by atoms with E-state index in [0.29, 0.717) is 11.8 Å². The zero-order chi connectivity index (χ0) is 13.5. The van der Waals surface area contributed by atoms with E-state index >= 15 is 0 Å². The van der Waals surface area contributed by atoms with Crippen molar-refractivity contribution in [2.45, 2.75) is 39.5 Å². The third kappa shape index (κ3) is 3.53. The molecule has 0 aliphatic heterocycles. The SMILES string of the molecule is CCC/C=C(\CCC)c1nnc(-c2ccccc2)o1. The smallest absolute Gasteiger partial charge is 0.248 e. The number of aromatic nitrogens is 2. The van der Waals surface area contributed by atoms with Crippen LogP contribution in [-0.2, 0) is 0 Å². The molecule has 3 nitrogen and oxygen atoms in total. The first-order chi connectivity index (χ1) is 9.35. The van der Waals surface area contributed by atoms with Crippen molar-refractivity contribution in [2.24, 2.45) is 0 Å². The number of allylic oxidation sites excluding steroid dienone is 2. The van der Waals surface area contributed by atoms with Crippen molar-refractivity contribution in [3.05, 3.63) is 42.3 Å². The first-order valence-electron chi connectivity index (χ1n) is 6.93. The molecule has 0 bridgehead atoms. The van der Waals surface area contributed by atoms with Gasteiger partial charge in [-0.3, -0.25) is 0 Å². The number of rotatable bonds is 6. The number of nitrogens with zero attached hydrogens (tertiary/aromatic N) is 2. The highest BCUT2D eigenvalue weighted by atomic mass is 16.4. The van der Waals surface area contributed by atoms with E-state index in [4.69, 9.17) is 4.42 Å². The van der Waals surface area contributed by atoms with Crippen LogP contribution in [0.5, 0.6) is 0 Å². The summed E-state index contributed by atoms with van der Waals surface area (Å²) >= 11 is 0. The van der Waals surface area contributed by atoms with Crippen LogP contribution < -0.4 is 0 Å². The number of hydrogen-bond acceptors (Lipinski definition) is 3. The first kappa shape index (κ1) is 13.5. The molecule has 0 N–H and O–H groups in total. The molecule has 2 aromatic rings. The van der Waals surface area contributed by atoms with E-state index in [1.165, 1.54) is 5.57 Å². The van der Waals surface area contributed by atoms with Gasteiger partial charge in [0.15, 0.2) is 0 Å². The Morgan fingerprint density at radius 3 is 2.58 bits per heavy atom. The van der Waals surface area contributed by atoms with Gasteiger partial charge in [0, 0.05) is 11.1 Å². The van der Waals surface area contributed by atoms with Gasteiger partial charge in [-0.15, -0.1) is 10.2 Å². The van der Waals surface area contributed by atoms with Crippen molar-refractivity contribution in [2.75, 3.05) is 0 Å². The summed E-state index contributed by atoms with van der Waals surface area (Å²) in [6.07, 6.45) is 6.46. The summed E-state index contributed by atoms with van der Waals surface area (Å²) in [5.74, 6) is 1.25. The minimum absolute atomic E-state index is 0.592. The number of unbranched alkanes of at least 4 members (excludes halogenated alkanes) is 1. The monoisotopic (exact) mass is 256 g/mol. The molecule has 0 fully saturated rings. The topological polar surface area (TPSA) is 38.9 Å². The fourth-order valence-corrected chi connectivity index (χ4v) is 1.93. The summed E-state index contributed by atoms with van der Waals surface area (Å²) in [5, 5.41) is 8.32. The summed E-state index contributed by atoms with van der Waals surface area (Å²) in [6, 6.07) is 9.88. The van der Waals surface area contributed by atoms with Crippen LogP contribution in [-0.4, -0.2) is 10.2 Å². The molecule has 0 saturated heterocycles. The average molecular weight is 256 g/mol. The van der Waals surface area contributed by atoms with Crippen LogP contribution in [0.4, 0.5) is 0 Å². The van der Waals surface area contributed by atoms with Crippen molar-refractivity contribution in [1.82, 2.24) is 10.2 Å².